The van der Waals surface area contributed by atoms with E-state index in [2.05, 4.69) is 24.1 Å². The minimum atomic E-state index is -0.787. The fourth-order valence-corrected chi connectivity index (χ4v) is 3.96. The molecule has 1 aliphatic heterocycles. The Labute approximate surface area is 177 Å². The molecular weight excluding hydrogens is 364 g/mol. The summed E-state index contributed by atoms with van der Waals surface area (Å²) in [7, 11) is 0. The van der Waals surface area contributed by atoms with Gasteiger partial charge in [-0.2, -0.15) is 0 Å². The van der Waals surface area contributed by atoms with Crippen LogP contribution >= 0.6 is 0 Å². The summed E-state index contributed by atoms with van der Waals surface area (Å²) in [6.45, 7) is 12.8. The highest BCUT2D eigenvalue weighted by atomic mass is 16.5. The van der Waals surface area contributed by atoms with Gasteiger partial charge in [0.2, 0.25) is 0 Å². The highest BCUT2D eigenvalue weighted by molar-refractivity contribution is 5.97. The van der Waals surface area contributed by atoms with Crippen LogP contribution in [0.2, 0.25) is 0 Å². The lowest BCUT2D eigenvalue weighted by Gasteiger charge is -2.30. The molecule has 2 atom stereocenters. The second kappa shape index (κ2) is 12.2. The Morgan fingerprint density at radius 3 is 2.66 bits per heavy atom. The first-order valence-electron chi connectivity index (χ1n) is 11.4. The van der Waals surface area contributed by atoms with E-state index in [4.69, 9.17) is 9.47 Å². The average molecular weight is 405 g/mol. The summed E-state index contributed by atoms with van der Waals surface area (Å²) in [6, 6.07) is 7.64. The maximum atomic E-state index is 12.8. The fourth-order valence-electron chi connectivity index (χ4n) is 3.96. The summed E-state index contributed by atoms with van der Waals surface area (Å²) in [5.41, 5.74) is -0.0152. The number of likely N-dealkylation sites (tertiary alicyclic amines) is 1. The lowest BCUT2D eigenvalue weighted by atomic mass is 9.96. The number of piperidine rings is 1. The first-order valence-corrected chi connectivity index (χ1v) is 11.4. The van der Waals surface area contributed by atoms with Crippen molar-refractivity contribution in [3.05, 3.63) is 24.3 Å². The fraction of sp³-hybridized carbons (Fsp3) is 0.708. The number of ether oxygens (including phenoxy) is 2. The third kappa shape index (κ3) is 7.98. The molecule has 1 aromatic carbocycles. The van der Waals surface area contributed by atoms with E-state index in [9.17, 15) is 4.79 Å². The minimum Gasteiger partial charge on any atom is -0.492 e. The number of unbranched alkanes of at least 4 members (excludes halogenated alkanes) is 2. The molecule has 1 heterocycles. The largest absolute Gasteiger partial charge is 0.492 e. The number of nitrogens with one attached hydrogen (secondary N) is 1. The summed E-state index contributed by atoms with van der Waals surface area (Å²) >= 11 is 0. The molecule has 1 saturated heterocycles. The zero-order chi connectivity index (χ0) is 21.1. The van der Waals surface area contributed by atoms with Gasteiger partial charge in [-0.05, 0) is 69.8 Å². The topological polar surface area (TPSA) is 50.8 Å². The third-order valence-electron chi connectivity index (χ3n) is 5.73. The molecule has 0 aliphatic carbocycles. The SMILES string of the molecule is CCCCCC(C)(OCC)C(=O)Nc1ccc(OCCN2CCCC(C)C2)cc1. The van der Waals surface area contributed by atoms with Crippen molar-refractivity contribution in [2.45, 2.75) is 71.8 Å². The molecule has 2 rings (SSSR count). The molecule has 1 N–H and O–H groups in total. The van der Waals surface area contributed by atoms with Gasteiger partial charge in [0.1, 0.15) is 18.0 Å². The van der Waals surface area contributed by atoms with Gasteiger partial charge in [-0.1, -0.05) is 33.1 Å². The lowest BCUT2D eigenvalue weighted by Crippen LogP contribution is -2.42. The molecule has 0 spiro atoms. The van der Waals surface area contributed by atoms with Crippen molar-refractivity contribution in [1.29, 1.82) is 0 Å². The number of anilines is 1. The van der Waals surface area contributed by atoms with Gasteiger partial charge in [0, 0.05) is 25.4 Å². The first kappa shape index (κ1) is 23.7. The highest BCUT2D eigenvalue weighted by Crippen LogP contribution is 2.23. The van der Waals surface area contributed by atoms with Crippen LogP contribution in [0.15, 0.2) is 24.3 Å². The molecule has 29 heavy (non-hydrogen) atoms. The van der Waals surface area contributed by atoms with Crippen LogP contribution in [0.25, 0.3) is 0 Å². The zero-order valence-electron chi connectivity index (χ0n) is 18.8. The van der Waals surface area contributed by atoms with E-state index >= 15 is 0 Å². The average Bonchev–Trinajstić information content (AvgIpc) is 2.70. The molecule has 0 bridgehead atoms. The molecule has 5 heteroatoms. The molecule has 0 saturated carbocycles. The van der Waals surface area contributed by atoms with E-state index in [0.29, 0.717) is 13.2 Å². The van der Waals surface area contributed by atoms with Crippen LogP contribution in [-0.2, 0) is 9.53 Å². The van der Waals surface area contributed by atoms with E-state index in [-0.39, 0.29) is 5.91 Å². The van der Waals surface area contributed by atoms with E-state index in [1.54, 1.807) is 0 Å². The summed E-state index contributed by atoms with van der Waals surface area (Å²) in [5.74, 6) is 1.54. The maximum Gasteiger partial charge on any atom is 0.256 e. The van der Waals surface area contributed by atoms with Crippen LogP contribution < -0.4 is 10.1 Å². The predicted molar refractivity (Wildman–Crippen MR) is 120 cm³/mol. The monoisotopic (exact) mass is 404 g/mol. The minimum absolute atomic E-state index is 0.0802. The van der Waals surface area contributed by atoms with Gasteiger partial charge in [-0.3, -0.25) is 9.69 Å². The van der Waals surface area contributed by atoms with Crippen molar-refractivity contribution in [2.75, 3.05) is 38.2 Å². The Kier molecular flexibility index (Phi) is 9.95. The number of rotatable bonds is 12. The number of carbonyl (C=O) groups is 1. The van der Waals surface area contributed by atoms with Crippen LogP contribution in [0.5, 0.6) is 5.75 Å². The van der Waals surface area contributed by atoms with Gasteiger partial charge < -0.3 is 14.8 Å². The number of benzene rings is 1. The number of hydrogen-bond donors (Lipinski definition) is 1. The van der Waals surface area contributed by atoms with Gasteiger partial charge in [-0.25, -0.2) is 0 Å². The Morgan fingerprint density at radius 2 is 2.00 bits per heavy atom. The van der Waals surface area contributed by atoms with Gasteiger partial charge in [0.05, 0.1) is 0 Å². The molecule has 0 radical (unpaired) electrons. The molecule has 1 aromatic rings. The lowest BCUT2D eigenvalue weighted by molar-refractivity contribution is -0.139. The summed E-state index contributed by atoms with van der Waals surface area (Å²) in [6.07, 6.45) is 6.58. The predicted octanol–water partition coefficient (Wildman–Crippen LogP) is 5.11. The highest BCUT2D eigenvalue weighted by Gasteiger charge is 2.33. The Bertz CT molecular complexity index is 605. The normalized spacial score (nSPS) is 19.5. The van der Waals surface area contributed by atoms with Crippen molar-refractivity contribution in [3.8, 4) is 5.75 Å². The molecule has 1 aliphatic rings. The third-order valence-corrected chi connectivity index (χ3v) is 5.73. The van der Waals surface area contributed by atoms with Crippen molar-refractivity contribution >= 4 is 11.6 Å². The second-order valence-corrected chi connectivity index (χ2v) is 8.50. The van der Waals surface area contributed by atoms with Gasteiger partial charge >= 0.3 is 0 Å². The van der Waals surface area contributed by atoms with Crippen LogP contribution in [0, 0.1) is 5.92 Å². The van der Waals surface area contributed by atoms with Gasteiger partial charge in [-0.15, -0.1) is 0 Å². The standard InChI is InChI=1S/C24H40N2O3/c1-5-7-8-15-24(4,29-6-2)23(27)25-21-11-13-22(14-12-21)28-18-17-26-16-9-10-20(3)19-26/h11-14,20H,5-10,15-19H2,1-4H3,(H,25,27). The molecule has 1 fully saturated rings. The number of carbonyl (C=O) groups excluding carboxylic acids is 1. The van der Waals surface area contributed by atoms with E-state index < -0.39 is 5.60 Å². The quantitative estimate of drug-likeness (QED) is 0.492. The Balaban J connectivity index is 1.81. The van der Waals surface area contributed by atoms with Gasteiger partial charge in [0.15, 0.2) is 0 Å². The number of amides is 1. The summed E-state index contributed by atoms with van der Waals surface area (Å²) < 4.78 is 11.7. The van der Waals surface area contributed by atoms with Crippen molar-refractivity contribution in [3.63, 3.8) is 0 Å². The van der Waals surface area contributed by atoms with Crippen LogP contribution in [0.4, 0.5) is 5.69 Å². The summed E-state index contributed by atoms with van der Waals surface area (Å²) in [5, 5.41) is 3.01. The summed E-state index contributed by atoms with van der Waals surface area (Å²) in [4.78, 5) is 15.3. The Hall–Kier alpha value is -1.59. The van der Waals surface area contributed by atoms with Crippen molar-refractivity contribution in [1.82, 2.24) is 4.90 Å². The van der Waals surface area contributed by atoms with E-state index in [1.165, 1.54) is 25.9 Å². The first-order chi connectivity index (χ1) is 14.0. The molecule has 5 nitrogen and oxygen atoms in total. The second-order valence-electron chi connectivity index (χ2n) is 8.50. The van der Waals surface area contributed by atoms with Crippen molar-refractivity contribution < 1.29 is 14.3 Å². The van der Waals surface area contributed by atoms with Crippen LogP contribution in [0.1, 0.15) is 66.2 Å². The molecular formula is C24H40N2O3. The maximum absolute atomic E-state index is 12.8. The molecule has 164 valence electrons. The molecule has 2 unspecified atom stereocenters. The van der Waals surface area contributed by atoms with E-state index in [1.807, 2.05) is 38.1 Å². The molecule has 1 amide bonds. The zero-order valence-corrected chi connectivity index (χ0v) is 18.8. The number of nitrogens with zero attached hydrogens (tertiary/aromatic N) is 1. The van der Waals surface area contributed by atoms with Gasteiger partial charge in [0.25, 0.3) is 5.91 Å². The van der Waals surface area contributed by atoms with Crippen LogP contribution in [0.3, 0.4) is 0 Å². The number of hydrogen-bond acceptors (Lipinski definition) is 4. The smallest absolute Gasteiger partial charge is 0.256 e. The Morgan fingerprint density at radius 1 is 1.24 bits per heavy atom. The van der Waals surface area contributed by atoms with E-state index in [0.717, 1.165) is 49.6 Å². The van der Waals surface area contributed by atoms with Crippen LogP contribution in [-0.4, -0.2) is 49.3 Å². The van der Waals surface area contributed by atoms with Crippen molar-refractivity contribution in [2.24, 2.45) is 5.92 Å². The molecule has 0 aromatic heterocycles.